The number of fused-ring (bicyclic) bond motifs is 1. The zero-order valence-corrected chi connectivity index (χ0v) is 20.9. The maximum atomic E-state index is 13.8. The van der Waals surface area contributed by atoms with E-state index in [1.165, 1.54) is 4.90 Å². The summed E-state index contributed by atoms with van der Waals surface area (Å²) in [4.78, 5) is 40.0. The second-order valence-electron chi connectivity index (χ2n) is 8.63. The van der Waals surface area contributed by atoms with Gasteiger partial charge in [-0.05, 0) is 60.0 Å². The maximum absolute atomic E-state index is 13.8. The van der Waals surface area contributed by atoms with Crippen molar-refractivity contribution in [2.45, 2.75) is 26.3 Å². The molecule has 4 rings (SSSR count). The Kier molecular flexibility index (Phi) is 7.43. The van der Waals surface area contributed by atoms with E-state index >= 15 is 0 Å². The lowest BCUT2D eigenvalue weighted by molar-refractivity contribution is -0.147. The Morgan fingerprint density at radius 1 is 1.03 bits per heavy atom. The Hall–Kier alpha value is -4.07. The number of ether oxygens (including phenoxy) is 3. The molecule has 1 saturated heterocycles. The maximum Gasteiger partial charge on any atom is 0.308 e. The minimum absolute atomic E-state index is 0.200. The summed E-state index contributed by atoms with van der Waals surface area (Å²) in [6.07, 6.45) is -0.200. The number of carbonyl (C=O) groups is 3. The third-order valence-corrected chi connectivity index (χ3v) is 6.32. The van der Waals surface area contributed by atoms with Gasteiger partial charge >= 0.3 is 5.97 Å². The van der Waals surface area contributed by atoms with Crippen LogP contribution in [-0.4, -0.2) is 62.6 Å². The molecule has 0 saturated carbocycles. The topological polar surface area (TPSA) is 94.2 Å². The van der Waals surface area contributed by atoms with Crippen molar-refractivity contribution in [2.75, 3.05) is 33.9 Å². The lowest BCUT2D eigenvalue weighted by Crippen LogP contribution is -2.57. The summed E-state index contributed by atoms with van der Waals surface area (Å²) in [5, 5.41) is 4.43. The SMILES string of the molecule is CCOC(=O)C[C@H]1C(=O)NCCN1C(=O)c1cc(-c2ccc(C)cc2)c2cc(OC)c(OC)cc2c1. The van der Waals surface area contributed by atoms with Crippen LogP contribution in [0.3, 0.4) is 0 Å². The Morgan fingerprint density at radius 3 is 2.39 bits per heavy atom. The first-order chi connectivity index (χ1) is 17.4. The molecular weight excluding hydrogens is 460 g/mol. The molecule has 1 heterocycles. The second-order valence-corrected chi connectivity index (χ2v) is 8.63. The van der Waals surface area contributed by atoms with E-state index in [4.69, 9.17) is 14.2 Å². The first kappa shape index (κ1) is 25.0. The molecule has 0 aliphatic carbocycles. The molecule has 3 aromatic carbocycles. The fourth-order valence-corrected chi connectivity index (χ4v) is 4.49. The van der Waals surface area contributed by atoms with Crippen LogP contribution in [0.15, 0.2) is 48.5 Å². The van der Waals surface area contributed by atoms with Gasteiger partial charge in [-0.25, -0.2) is 0 Å². The van der Waals surface area contributed by atoms with Gasteiger partial charge < -0.3 is 24.4 Å². The van der Waals surface area contributed by atoms with Gasteiger partial charge in [0.15, 0.2) is 11.5 Å². The molecule has 1 fully saturated rings. The Labute approximate surface area is 210 Å². The van der Waals surface area contributed by atoms with E-state index in [9.17, 15) is 14.4 Å². The smallest absolute Gasteiger partial charge is 0.308 e. The third-order valence-electron chi connectivity index (χ3n) is 6.32. The first-order valence-electron chi connectivity index (χ1n) is 11.9. The number of hydrogen-bond donors (Lipinski definition) is 1. The standard InChI is InChI=1S/C28H30N2O6/c1-5-36-26(31)16-23-27(32)29-10-11-30(23)28(33)20-12-19-14-24(34-3)25(35-4)15-22(19)21(13-20)18-8-6-17(2)7-9-18/h6-9,12-15,23H,5,10-11,16H2,1-4H3,(H,29,32)/t23-/m0/s1. The van der Waals surface area contributed by atoms with Crippen LogP contribution in [0.4, 0.5) is 0 Å². The van der Waals surface area contributed by atoms with Gasteiger partial charge in [0, 0.05) is 18.7 Å². The predicted molar refractivity (Wildman–Crippen MR) is 136 cm³/mol. The van der Waals surface area contributed by atoms with Crippen LogP contribution in [0.2, 0.25) is 0 Å². The average molecular weight is 491 g/mol. The van der Waals surface area contributed by atoms with Crippen LogP contribution in [0, 0.1) is 6.92 Å². The van der Waals surface area contributed by atoms with E-state index in [0.717, 1.165) is 27.5 Å². The predicted octanol–water partition coefficient (Wildman–Crippen LogP) is 3.73. The van der Waals surface area contributed by atoms with E-state index in [0.29, 0.717) is 30.2 Å². The lowest BCUT2D eigenvalue weighted by atomic mass is 9.93. The number of amides is 2. The van der Waals surface area contributed by atoms with Gasteiger partial charge in [-0.1, -0.05) is 29.8 Å². The molecular formula is C28H30N2O6. The van der Waals surface area contributed by atoms with Gasteiger partial charge in [0.25, 0.3) is 5.91 Å². The zero-order valence-electron chi connectivity index (χ0n) is 20.9. The minimum Gasteiger partial charge on any atom is -0.493 e. The number of nitrogens with one attached hydrogen (secondary N) is 1. The summed E-state index contributed by atoms with van der Waals surface area (Å²) in [5.74, 6) is -0.0903. The molecule has 3 aromatic rings. The van der Waals surface area contributed by atoms with Crippen LogP contribution in [0.25, 0.3) is 21.9 Å². The zero-order chi connectivity index (χ0) is 25.8. The van der Waals surface area contributed by atoms with Crippen molar-refractivity contribution in [2.24, 2.45) is 0 Å². The number of methoxy groups -OCH3 is 2. The van der Waals surface area contributed by atoms with E-state index < -0.39 is 12.0 Å². The first-order valence-corrected chi connectivity index (χ1v) is 11.9. The van der Waals surface area contributed by atoms with Crippen LogP contribution >= 0.6 is 0 Å². The van der Waals surface area contributed by atoms with E-state index in [1.807, 2.05) is 49.4 Å². The highest BCUT2D eigenvalue weighted by Gasteiger charge is 2.36. The molecule has 1 aliphatic rings. The van der Waals surface area contributed by atoms with Crippen molar-refractivity contribution in [1.29, 1.82) is 0 Å². The third kappa shape index (κ3) is 4.98. The molecule has 1 aliphatic heterocycles. The van der Waals surface area contributed by atoms with Gasteiger partial charge in [-0.15, -0.1) is 0 Å². The summed E-state index contributed by atoms with van der Waals surface area (Å²) in [6.45, 7) is 4.52. The van der Waals surface area contributed by atoms with Crippen molar-refractivity contribution in [1.82, 2.24) is 10.2 Å². The molecule has 8 heteroatoms. The second kappa shape index (κ2) is 10.7. The Morgan fingerprint density at radius 2 is 1.72 bits per heavy atom. The fourth-order valence-electron chi connectivity index (χ4n) is 4.49. The summed E-state index contributed by atoms with van der Waals surface area (Å²) >= 11 is 0. The van der Waals surface area contributed by atoms with Gasteiger partial charge in [0.1, 0.15) is 6.04 Å². The summed E-state index contributed by atoms with van der Waals surface area (Å²) in [7, 11) is 3.14. The molecule has 0 radical (unpaired) electrons. The number of piperazine rings is 1. The molecule has 188 valence electrons. The van der Waals surface area contributed by atoms with Crippen molar-refractivity contribution in [3.05, 3.63) is 59.7 Å². The highest BCUT2D eigenvalue weighted by atomic mass is 16.5. The van der Waals surface area contributed by atoms with Crippen molar-refractivity contribution in [3.63, 3.8) is 0 Å². The fraction of sp³-hybridized carbons (Fsp3) is 0.321. The molecule has 0 bridgehead atoms. The summed E-state index contributed by atoms with van der Waals surface area (Å²) in [6, 6.07) is 14.5. The molecule has 36 heavy (non-hydrogen) atoms. The average Bonchev–Trinajstić information content (AvgIpc) is 2.88. The highest BCUT2D eigenvalue weighted by molar-refractivity contribution is 6.07. The lowest BCUT2D eigenvalue weighted by Gasteiger charge is -2.34. The molecule has 8 nitrogen and oxygen atoms in total. The Balaban J connectivity index is 1.83. The Bertz CT molecular complexity index is 1300. The normalized spacial score (nSPS) is 15.4. The molecule has 0 aromatic heterocycles. The number of nitrogens with zero attached hydrogens (tertiary/aromatic N) is 1. The molecule has 0 unspecified atom stereocenters. The number of aryl methyl sites for hydroxylation is 1. The molecule has 2 amide bonds. The van der Waals surface area contributed by atoms with Crippen LogP contribution in [-0.2, 0) is 14.3 Å². The largest absolute Gasteiger partial charge is 0.493 e. The minimum atomic E-state index is -0.936. The monoisotopic (exact) mass is 490 g/mol. The highest BCUT2D eigenvalue weighted by Crippen LogP contribution is 2.38. The van der Waals surface area contributed by atoms with E-state index in [1.54, 1.807) is 27.2 Å². The number of carbonyl (C=O) groups excluding carboxylic acids is 3. The quantitative estimate of drug-likeness (QED) is 0.508. The van der Waals surface area contributed by atoms with Crippen LogP contribution < -0.4 is 14.8 Å². The van der Waals surface area contributed by atoms with Crippen molar-refractivity contribution in [3.8, 4) is 22.6 Å². The van der Waals surface area contributed by atoms with Crippen molar-refractivity contribution >= 4 is 28.6 Å². The number of esters is 1. The molecule has 0 spiro atoms. The van der Waals surface area contributed by atoms with Crippen LogP contribution in [0.5, 0.6) is 11.5 Å². The van der Waals surface area contributed by atoms with Crippen molar-refractivity contribution < 1.29 is 28.6 Å². The van der Waals surface area contributed by atoms with E-state index in [2.05, 4.69) is 5.32 Å². The van der Waals surface area contributed by atoms with Gasteiger partial charge in [0.05, 0.1) is 27.2 Å². The number of rotatable bonds is 7. The van der Waals surface area contributed by atoms with E-state index in [-0.39, 0.29) is 24.8 Å². The molecule has 1 N–H and O–H groups in total. The molecule has 1 atom stereocenters. The van der Waals surface area contributed by atoms with Gasteiger partial charge in [-0.2, -0.15) is 0 Å². The van der Waals surface area contributed by atoms with Crippen LogP contribution in [0.1, 0.15) is 29.3 Å². The van der Waals surface area contributed by atoms with Gasteiger partial charge in [0.2, 0.25) is 5.91 Å². The number of hydrogen-bond acceptors (Lipinski definition) is 6. The summed E-state index contributed by atoms with van der Waals surface area (Å²) < 4.78 is 16.1. The van der Waals surface area contributed by atoms with Gasteiger partial charge in [-0.3, -0.25) is 14.4 Å². The number of benzene rings is 3. The summed E-state index contributed by atoms with van der Waals surface area (Å²) in [5.41, 5.74) is 3.32.